The number of rotatable bonds is 5. The monoisotopic (exact) mass is 336 g/mol. The first kappa shape index (κ1) is 16.6. The normalized spacial score (nSPS) is 10.4. The molecule has 0 aliphatic carbocycles. The third-order valence-electron chi connectivity index (χ3n) is 3.72. The topological polar surface area (TPSA) is 80.9 Å². The Labute approximate surface area is 144 Å². The van der Waals surface area contributed by atoms with Gasteiger partial charge in [0.05, 0.1) is 5.69 Å². The van der Waals surface area contributed by atoms with Crippen molar-refractivity contribution in [1.29, 1.82) is 0 Å². The van der Waals surface area contributed by atoms with Gasteiger partial charge in [-0.25, -0.2) is 14.4 Å². The van der Waals surface area contributed by atoms with Crippen LogP contribution in [0.25, 0.3) is 11.3 Å². The molecule has 1 heterocycles. The SMILES string of the molecule is Nc1nccc(-c2ccc(NC(=O)CCc3ccccc3F)cc2)n1. The highest BCUT2D eigenvalue weighted by atomic mass is 19.1. The maximum Gasteiger partial charge on any atom is 0.224 e. The fraction of sp³-hybridized carbons (Fsp3) is 0.105. The van der Waals surface area contributed by atoms with Crippen molar-refractivity contribution in [2.75, 3.05) is 11.1 Å². The molecule has 25 heavy (non-hydrogen) atoms. The van der Waals surface area contributed by atoms with E-state index in [0.717, 1.165) is 5.56 Å². The number of anilines is 2. The molecule has 5 nitrogen and oxygen atoms in total. The number of nitrogens with zero attached hydrogens (tertiary/aromatic N) is 2. The Morgan fingerprint density at radius 3 is 2.56 bits per heavy atom. The Balaban J connectivity index is 1.59. The van der Waals surface area contributed by atoms with Crippen molar-refractivity contribution >= 4 is 17.5 Å². The first-order chi connectivity index (χ1) is 12.1. The number of amides is 1. The molecular formula is C19H17FN4O. The number of aryl methyl sites for hydroxylation is 1. The van der Waals surface area contributed by atoms with Crippen LogP contribution in [0.1, 0.15) is 12.0 Å². The number of nitrogens with two attached hydrogens (primary N) is 1. The predicted octanol–water partition coefficient (Wildman–Crippen LogP) is 3.44. The minimum Gasteiger partial charge on any atom is -0.368 e. The van der Waals surface area contributed by atoms with Gasteiger partial charge in [-0.1, -0.05) is 30.3 Å². The van der Waals surface area contributed by atoms with E-state index in [-0.39, 0.29) is 24.1 Å². The van der Waals surface area contributed by atoms with Crippen LogP contribution in [-0.2, 0) is 11.2 Å². The fourth-order valence-electron chi connectivity index (χ4n) is 2.43. The van der Waals surface area contributed by atoms with Crippen molar-refractivity contribution in [3.63, 3.8) is 0 Å². The van der Waals surface area contributed by atoms with E-state index >= 15 is 0 Å². The fourth-order valence-corrected chi connectivity index (χ4v) is 2.43. The van der Waals surface area contributed by atoms with E-state index < -0.39 is 0 Å². The maximum atomic E-state index is 13.5. The lowest BCUT2D eigenvalue weighted by Crippen LogP contribution is -2.12. The van der Waals surface area contributed by atoms with Gasteiger partial charge >= 0.3 is 0 Å². The molecule has 0 aliphatic heterocycles. The molecule has 3 N–H and O–H groups in total. The highest BCUT2D eigenvalue weighted by Gasteiger charge is 2.07. The van der Waals surface area contributed by atoms with Crippen LogP contribution in [0.15, 0.2) is 60.8 Å². The molecular weight excluding hydrogens is 319 g/mol. The summed E-state index contributed by atoms with van der Waals surface area (Å²) in [4.78, 5) is 20.0. The summed E-state index contributed by atoms with van der Waals surface area (Å²) in [5.74, 6) is -0.242. The molecule has 3 rings (SSSR count). The third kappa shape index (κ3) is 4.38. The molecule has 0 aliphatic rings. The smallest absolute Gasteiger partial charge is 0.224 e. The van der Waals surface area contributed by atoms with E-state index in [1.807, 2.05) is 12.1 Å². The highest BCUT2D eigenvalue weighted by Crippen LogP contribution is 2.20. The van der Waals surface area contributed by atoms with Gasteiger partial charge in [0, 0.05) is 23.9 Å². The lowest BCUT2D eigenvalue weighted by atomic mass is 10.1. The van der Waals surface area contributed by atoms with E-state index in [1.165, 1.54) is 6.07 Å². The number of halogens is 1. The van der Waals surface area contributed by atoms with Crippen molar-refractivity contribution in [2.45, 2.75) is 12.8 Å². The van der Waals surface area contributed by atoms with Crippen LogP contribution < -0.4 is 11.1 Å². The van der Waals surface area contributed by atoms with Gasteiger partial charge in [-0.2, -0.15) is 0 Å². The Hall–Kier alpha value is -3.28. The Morgan fingerprint density at radius 2 is 1.84 bits per heavy atom. The molecule has 126 valence electrons. The second kappa shape index (κ2) is 7.53. The van der Waals surface area contributed by atoms with Crippen LogP contribution in [-0.4, -0.2) is 15.9 Å². The van der Waals surface area contributed by atoms with E-state index in [4.69, 9.17) is 5.73 Å². The summed E-state index contributed by atoms with van der Waals surface area (Å²) in [6, 6.07) is 15.5. The van der Waals surface area contributed by atoms with Crippen molar-refractivity contribution in [2.24, 2.45) is 0 Å². The lowest BCUT2D eigenvalue weighted by molar-refractivity contribution is -0.116. The molecule has 0 saturated heterocycles. The lowest BCUT2D eigenvalue weighted by Gasteiger charge is -2.07. The minimum absolute atomic E-state index is 0.165. The number of nitrogen functional groups attached to an aromatic ring is 1. The Bertz CT molecular complexity index is 881. The van der Waals surface area contributed by atoms with Crippen molar-refractivity contribution in [3.05, 3.63) is 72.2 Å². The summed E-state index contributed by atoms with van der Waals surface area (Å²) >= 11 is 0. The van der Waals surface area contributed by atoms with Gasteiger partial charge in [-0.05, 0) is 36.2 Å². The second-order valence-electron chi connectivity index (χ2n) is 5.52. The molecule has 6 heteroatoms. The molecule has 0 radical (unpaired) electrons. The first-order valence-corrected chi connectivity index (χ1v) is 7.84. The molecule has 0 unspecified atom stereocenters. The van der Waals surface area contributed by atoms with Gasteiger partial charge in [-0.15, -0.1) is 0 Å². The van der Waals surface area contributed by atoms with Crippen LogP contribution in [0, 0.1) is 5.82 Å². The summed E-state index contributed by atoms with van der Waals surface area (Å²) in [5, 5.41) is 2.80. The van der Waals surface area contributed by atoms with Gasteiger partial charge in [-0.3, -0.25) is 4.79 Å². The van der Waals surface area contributed by atoms with E-state index in [9.17, 15) is 9.18 Å². The van der Waals surface area contributed by atoms with Crippen molar-refractivity contribution in [3.8, 4) is 11.3 Å². The average molecular weight is 336 g/mol. The molecule has 1 aromatic heterocycles. The Kier molecular flexibility index (Phi) is 4.99. The molecule has 0 fully saturated rings. The van der Waals surface area contributed by atoms with Gasteiger partial charge in [0.1, 0.15) is 5.82 Å². The van der Waals surface area contributed by atoms with Crippen LogP contribution in [0.4, 0.5) is 16.0 Å². The number of hydrogen-bond acceptors (Lipinski definition) is 4. The van der Waals surface area contributed by atoms with Gasteiger partial charge in [0.2, 0.25) is 11.9 Å². The van der Waals surface area contributed by atoms with Gasteiger partial charge in [0.15, 0.2) is 0 Å². The van der Waals surface area contributed by atoms with Gasteiger partial charge < -0.3 is 11.1 Å². The number of carbonyl (C=O) groups is 1. The summed E-state index contributed by atoms with van der Waals surface area (Å²) in [5.41, 5.74) is 8.37. The van der Waals surface area contributed by atoms with Crippen LogP contribution in [0.3, 0.4) is 0 Å². The minimum atomic E-state index is -0.288. The van der Waals surface area contributed by atoms with Crippen molar-refractivity contribution < 1.29 is 9.18 Å². The third-order valence-corrected chi connectivity index (χ3v) is 3.72. The van der Waals surface area contributed by atoms with Gasteiger partial charge in [0.25, 0.3) is 0 Å². The predicted molar refractivity (Wildman–Crippen MR) is 95.2 cm³/mol. The quantitative estimate of drug-likeness (QED) is 0.748. The number of aromatic nitrogens is 2. The number of carbonyl (C=O) groups excluding carboxylic acids is 1. The number of benzene rings is 2. The standard InChI is InChI=1S/C19H17FN4O/c20-16-4-2-1-3-13(16)7-10-18(25)23-15-8-5-14(6-9-15)17-11-12-22-19(21)24-17/h1-6,8-9,11-12H,7,10H2,(H,23,25)(H2,21,22,24). The summed E-state index contributed by atoms with van der Waals surface area (Å²) in [6.07, 6.45) is 2.16. The zero-order chi connectivity index (χ0) is 17.6. The molecule has 3 aromatic rings. The van der Waals surface area contributed by atoms with E-state index in [0.29, 0.717) is 23.4 Å². The maximum absolute atomic E-state index is 13.5. The zero-order valence-corrected chi connectivity index (χ0v) is 13.4. The highest BCUT2D eigenvalue weighted by molar-refractivity contribution is 5.91. The molecule has 0 saturated carbocycles. The Morgan fingerprint density at radius 1 is 1.08 bits per heavy atom. The van der Waals surface area contributed by atoms with E-state index in [2.05, 4.69) is 15.3 Å². The number of hydrogen-bond donors (Lipinski definition) is 2. The summed E-state index contributed by atoms with van der Waals surface area (Å²) in [6.45, 7) is 0. The zero-order valence-electron chi connectivity index (χ0n) is 13.4. The van der Waals surface area contributed by atoms with E-state index in [1.54, 1.807) is 42.6 Å². The molecule has 0 atom stereocenters. The molecule has 1 amide bonds. The van der Waals surface area contributed by atoms with Crippen LogP contribution in [0.2, 0.25) is 0 Å². The summed E-state index contributed by atoms with van der Waals surface area (Å²) in [7, 11) is 0. The molecule has 2 aromatic carbocycles. The first-order valence-electron chi connectivity index (χ1n) is 7.84. The second-order valence-corrected chi connectivity index (χ2v) is 5.52. The largest absolute Gasteiger partial charge is 0.368 e. The average Bonchev–Trinajstić information content (AvgIpc) is 2.62. The van der Waals surface area contributed by atoms with Crippen LogP contribution in [0.5, 0.6) is 0 Å². The molecule has 0 bridgehead atoms. The number of nitrogens with one attached hydrogen (secondary N) is 1. The molecule has 0 spiro atoms. The van der Waals surface area contributed by atoms with Crippen molar-refractivity contribution in [1.82, 2.24) is 9.97 Å². The van der Waals surface area contributed by atoms with Crippen LogP contribution >= 0.6 is 0 Å². The summed E-state index contributed by atoms with van der Waals surface area (Å²) < 4.78 is 13.5.